The number of halogens is 1. The molecular weight excluding hydrogens is 379 g/mol. The Morgan fingerprint density at radius 1 is 1.11 bits per heavy atom. The molecule has 7 heteroatoms. The zero-order valence-corrected chi connectivity index (χ0v) is 16.7. The fourth-order valence-electron chi connectivity index (χ4n) is 3.50. The normalized spacial score (nSPS) is 15.4. The lowest BCUT2D eigenvalue weighted by Gasteiger charge is -2.22. The lowest BCUT2D eigenvalue weighted by molar-refractivity contribution is 0.102. The summed E-state index contributed by atoms with van der Waals surface area (Å²) in [4.78, 5) is 12.1. The molecule has 0 aromatic heterocycles. The standard InChI is InChI=1S/C21H25FN2O3S/c1-2-15-8-6-7-11-19(15)23-21(25)16-12-13-18(22)20(14-16)28(26,27)24-17-9-4-3-5-10-17/h6-8,11-14,17,24H,2-5,9-10H2,1H3,(H,23,25). The average molecular weight is 405 g/mol. The molecule has 0 spiro atoms. The topological polar surface area (TPSA) is 75.3 Å². The number of para-hydroxylation sites is 1. The monoisotopic (exact) mass is 404 g/mol. The predicted molar refractivity (Wildman–Crippen MR) is 107 cm³/mol. The lowest BCUT2D eigenvalue weighted by atomic mass is 9.96. The van der Waals surface area contributed by atoms with E-state index in [4.69, 9.17) is 0 Å². The van der Waals surface area contributed by atoms with E-state index in [1.807, 2.05) is 25.1 Å². The van der Waals surface area contributed by atoms with E-state index in [0.717, 1.165) is 56.2 Å². The maximum absolute atomic E-state index is 14.3. The highest BCUT2D eigenvalue weighted by molar-refractivity contribution is 7.89. The van der Waals surface area contributed by atoms with Crippen LogP contribution in [-0.4, -0.2) is 20.4 Å². The van der Waals surface area contributed by atoms with Crippen molar-refractivity contribution >= 4 is 21.6 Å². The highest BCUT2D eigenvalue weighted by atomic mass is 32.2. The number of nitrogens with one attached hydrogen (secondary N) is 2. The zero-order chi connectivity index (χ0) is 20.1. The van der Waals surface area contributed by atoms with Crippen molar-refractivity contribution in [1.29, 1.82) is 0 Å². The van der Waals surface area contributed by atoms with Crippen molar-refractivity contribution in [1.82, 2.24) is 4.72 Å². The number of benzene rings is 2. The molecule has 2 aromatic carbocycles. The summed E-state index contributed by atoms with van der Waals surface area (Å²) >= 11 is 0. The summed E-state index contributed by atoms with van der Waals surface area (Å²) in [7, 11) is -4.04. The van der Waals surface area contributed by atoms with E-state index in [1.165, 1.54) is 6.07 Å². The molecule has 150 valence electrons. The molecule has 5 nitrogen and oxygen atoms in total. The number of hydrogen-bond acceptors (Lipinski definition) is 3. The van der Waals surface area contributed by atoms with Crippen molar-refractivity contribution < 1.29 is 17.6 Å². The van der Waals surface area contributed by atoms with Gasteiger partial charge in [0.15, 0.2) is 0 Å². The van der Waals surface area contributed by atoms with Crippen LogP contribution in [0.1, 0.15) is 54.9 Å². The van der Waals surface area contributed by atoms with Crippen molar-refractivity contribution in [2.75, 3.05) is 5.32 Å². The van der Waals surface area contributed by atoms with E-state index in [0.29, 0.717) is 5.69 Å². The van der Waals surface area contributed by atoms with Gasteiger partial charge in [0.05, 0.1) is 0 Å². The first kappa shape index (κ1) is 20.5. The van der Waals surface area contributed by atoms with E-state index in [-0.39, 0.29) is 11.6 Å². The first-order chi connectivity index (χ1) is 13.4. The zero-order valence-electron chi connectivity index (χ0n) is 15.9. The SMILES string of the molecule is CCc1ccccc1NC(=O)c1ccc(F)c(S(=O)(=O)NC2CCCCC2)c1. The molecule has 0 radical (unpaired) electrons. The van der Waals surface area contributed by atoms with Gasteiger partial charge in [0, 0.05) is 17.3 Å². The Balaban J connectivity index is 1.83. The lowest BCUT2D eigenvalue weighted by Crippen LogP contribution is -2.36. The minimum atomic E-state index is -4.04. The van der Waals surface area contributed by atoms with Crippen LogP contribution >= 0.6 is 0 Å². The Labute approximate surface area is 165 Å². The Bertz CT molecular complexity index is 954. The highest BCUT2D eigenvalue weighted by Gasteiger charge is 2.25. The molecule has 3 rings (SSSR count). The summed E-state index contributed by atoms with van der Waals surface area (Å²) in [5.74, 6) is -1.34. The summed E-state index contributed by atoms with van der Waals surface area (Å²) in [5.41, 5.74) is 1.71. The van der Waals surface area contributed by atoms with Crippen LogP contribution in [-0.2, 0) is 16.4 Å². The molecule has 28 heavy (non-hydrogen) atoms. The fraction of sp³-hybridized carbons (Fsp3) is 0.381. The molecule has 1 aliphatic rings. The molecule has 1 saturated carbocycles. The molecule has 0 atom stereocenters. The first-order valence-electron chi connectivity index (χ1n) is 9.62. The third-order valence-electron chi connectivity index (χ3n) is 5.06. The summed E-state index contributed by atoms with van der Waals surface area (Å²) in [6.45, 7) is 1.98. The number of aryl methyl sites for hydroxylation is 1. The van der Waals surface area contributed by atoms with Crippen LogP contribution in [0.3, 0.4) is 0 Å². The molecular formula is C21H25FN2O3S. The summed E-state index contributed by atoms with van der Waals surface area (Å²) in [6, 6.07) is 10.6. The van der Waals surface area contributed by atoms with E-state index >= 15 is 0 Å². The van der Waals surface area contributed by atoms with Gasteiger partial charge < -0.3 is 5.32 Å². The van der Waals surface area contributed by atoms with Gasteiger partial charge in [-0.2, -0.15) is 0 Å². The maximum Gasteiger partial charge on any atom is 0.255 e. The van der Waals surface area contributed by atoms with Crippen LogP contribution in [0.4, 0.5) is 10.1 Å². The van der Waals surface area contributed by atoms with E-state index in [9.17, 15) is 17.6 Å². The average Bonchev–Trinajstić information content (AvgIpc) is 2.69. The fourth-order valence-corrected chi connectivity index (χ4v) is 4.91. The van der Waals surface area contributed by atoms with Crippen LogP contribution in [0, 0.1) is 5.82 Å². The molecule has 0 aliphatic heterocycles. The summed E-state index contributed by atoms with van der Waals surface area (Å²) in [5, 5.41) is 2.78. The van der Waals surface area contributed by atoms with Crippen LogP contribution in [0.25, 0.3) is 0 Å². The smallest absolute Gasteiger partial charge is 0.255 e. The summed E-state index contributed by atoms with van der Waals surface area (Å²) < 4.78 is 42.2. The second-order valence-electron chi connectivity index (χ2n) is 7.07. The number of amides is 1. The third kappa shape index (κ3) is 4.77. The van der Waals surface area contributed by atoms with E-state index in [2.05, 4.69) is 10.0 Å². The Morgan fingerprint density at radius 3 is 2.54 bits per heavy atom. The molecule has 1 fully saturated rings. The maximum atomic E-state index is 14.3. The first-order valence-corrected chi connectivity index (χ1v) is 11.1. The van der Waals surface area contributed by atoms with E-state index in [1.54, 1.807) is 6.07 Å². The van der Waals surface area contributed by atoms with Gasteiger partial charge >= 0.3 is 0 Å². The molecule has 2 N–H and O–H groups in total. The Morgan fingerprint density at radius 2 is 1.82 bits per heavy atom. The summed E-state index contributed by atoms with van der Waals surface area (Å²) in [6.07, 6.45) is 5.22. The van der Waals surface area contributed by atoms with Gasteiger partial charge in [0.2, 0.25) is 10.0 Å². The van der Waals surface area contributed by atoms with Crippen LogP contribution in [0.5, 0.6) is 0 Å². The molecule has 1 amide bonds. The number of rotatable bonds is 6. The van der Waals surface area contributed by atoms with Crippen molar-refractivity contribution in [3.63, 3.8) is 0 Å². The molecule has 2 aromatic rings. The second-order valence-corrected chi connectivity index (χ2v) is 8.75. The van der Waals surface area contributed by atoms with Gasteiger partial charge in [-0.05, 0) is 49.1 Å². The van der Waals surface area contributed by atoms with Crippen LogP contribution < -0.4 is 10.0 Å². The van der Waals surface area contributed by atoms with Crippen molar-refractivity contribution in [3.05, 3.63) is 59.4 Å². The van der Waals surface area contributed by atoms with Gasteiger partial charge in [-0.15, -0.1) is 0 Å². The number of anilines is 1. The van der Waals surface area contributed by atoms with E-state index < -0.39 is 26.6 Å². The Kier molecular flexibility index (Phi) is 6.46. The van der Waals surface area contributed by atoms with Crippen molar-refractivity contribution in [2.45, 2.75) is 56.4 Å². The second kappa shape index (κ2) is 8.84. The largest absolute Gasteiger partial charge is 0.322 e. The molecule has 1 aliphatic carbocycles. The number of sulfonamides is 1. The van der Waals surface area contributed by atoms with Crippen LogP contribution in [0.15, 0.2) is 47.4 Å². The third-order valence-corrected chi connectivity index (χ3v) is 6.59. The quantitative estimate of drug-likeness (QED) is 0.756. The Hall–Kier alpha value is -2.25. The number of carbonyl (C=O) groups is 1. The molecule has 0 unspecified atom stereocenters. The highest BCUT2D eigenvalue weighted by Crippen LogP contribution is 2.23. The minimum absolute atomic E-state index is 0.0938. The number of hydrogen-bond donors (Lipinski definition) is 2. The number of carbonyl (C=O) groups excluding carboxylic acids is 1. The van der Waals surface area contributed by atoms with Crippen LogP contribution in [0.2, 0.25) is 0 Å². The molecule has 0 bridgehead atoms. The van der Waals surface area contributed by atoms with Gasteiger partial charge in [0.25, 0.3) is 5.91 Å². The molecule has 0 heterocycles. The van der Waals surface area contributed by atoms with Gasteiger partial charge in [0.1, 0.15) is 10.7 Å². The van der Waals surface area contributed by atoms with Crippen molar-refractivity contribution in [3.8, 4) is 0 Å². The van der Waals surface area contributed by atoms with Gasteiger partial charge in [-0.25, -0.2) is 17.5 Å². The predicted octanol–water partition coefficient (Wildman–Crippen LogP) is 4.25. The molecule has 0 saturated heterocycles. The van der Waals surface area contributed by atoms with Gasteiger partial charge in [-0.3, -0.25) is 4.79 Å². The minimum Gasteiger partial charge on any atom is -0.322 e. The van der Waals surface area contributed by atoms with Gasteiger partial charge in [-0.1, -0.05) is 44.4 Å². The van der Waals surface area contributed by atoms with Crippen molar-refractivity contribution in [2.24, 2.45) is 0 Å².